The van der Waals surface area contributed by atoms with E-state index in [2.05, 4.69) is 10.6 Å². The summed E-state index contributed by atoms with van der Waals surface area (Å²) in [5, 5.41) is 5.22. The van der Waals surface area contributed by atoms with Crippen LogP contribution in [0.2, 0.25) is 0 Å². The van der Waals surface area contributed by atoms with Gasteiger partial charge in [-0.2, -0.15) is 0 Å². The van der Waals surface area contributed by atoms with Crippen LogP contribution in [-0.4, -0.2) is 44.8 Å². The fourth-order valence-electron chi connectivity index (χ4n) is 3.82. The van der Waals surface area contributed by atoms with E-state index >= 15 is 0 Å². The van der Waals surface area contributed by atoms with Crippen molar-refractivity contribution >= 4 is 39.2 Å². The van der Waals surface area contributed by atoms with Crippen LogP contribution in [0.5, 0.6) is 0 Å². The first-order chi connectivity index (χ1) is 16.6. The number of hydrogen-bond acceptors (Lipinski definition) is 5. The van der Waals surface area contributed by atoms with Crippen molar-refractivity contribution in [3.05, 3.63) is 90.5 Å². The first-order valence-electron chi connectivity index (χ1n) is 10.8. The van der Waals surface area contributed by atoms with E-state index in [-0.39, 0.29) is 10.6 Å². The molecule has 2 N–H and O–H groups in total. The zero-order chi connectivity index (χ0) is 25.2. The monoisotopic (exact) mass is 492 g/mol. The lowest BCUT2D eigenvalue weighted by molar-refractivity contribution is -0.133. The molecule has 0 aliphatic carbocycles. The number of amides is 4. The first-order valence-corrected chi connectivity index (χ1v) is 12.2. The molecule has 180 valence electrons. The summed E-state index contributed by atoms with van der Waals surface area (Å²) in [4.78, 5) is 39.0. The minimum absolute atomic E-state index is 0.0201. The highest BCUT2D eigenvalue weighted by atomic mass is 32.2. The number of carbonyl (C=O) groups is 3. The number of sulfonamides is 1. The summed E-state index contributed by atoms with van der Waals surface area (Å²) in [5.41, 5.74) is 0.0216. The van der Waals surface area contributed by atoms with Gasteiger partial charge in [-0.25, -0.2) is 13.2 Å². The van der Waals surface area contributed by atoms with Crippen molar-refractivity contribution < 1.29 is 22.8 Å². The molecule has 35 heavy (non-hydrogen) atoms. The van der Waals surface area contributed by atoms with Gasteiger partial charge in [0.25, 0.3) is 15.9 Å². The second-order valence-corrected chi connectivity index (χ2v) is 10.2. The van der Waals surface area contributed by atoms with Gasteiger partial charge in [0, 0.05) is 12.7 Å². The molecule has 0 saturated carbocycles. The van der Waals surface area contributed by atoms with E-state index in [1.54, 1.807) is 67.6 Å². The average Bonchev–Trinajstić information content (AvgIpc) is 3.08. The van der Waals surface area contributed by atoms with Crippen LogP contribution in [0, 0.1) is 0 Å². The maximum atomic E-state index is 13.0. The molecule has 4 rings (SSSR count). The van der Waals surface area contributed by atoms with E-state index in [0.29, 0.717) is 11.3 Å². The highest BCUT2D eigenvalue weighted by Crippen LogP contribution is 2.29. The Balaban J connectivity index is 1.48. The number of carbonyl (C=O) groups excluding carboxylic acids is 3. The van der Waals surface area contributed by atoms with E-state index in [1.807, 2.05) is 0 Å². The van der Waals surface area contributed by atoms with Crippen molar-refractivity contribution in [2.45, 2.75) is 17.4 Å². The fourth-order valence-corrected chi connectivity index (χ4v) is 5.06. The molecule has 0 spiro atoms. The summed E-state index contributed by atoms with van der Waals surface area (Å²) in [7, 11) is -2.44. The van der Waals surface area contributed by atoms with E-state index < -0.39 is 40.0 Å². The molecule has 1 atom stereocenters. The SMILES string of the molecule is CN(c1ccccc1)S(=O)(=O)c1cccc(NC(=O)CN2C(=O)N[C@@](C)(c3ccccc3)C2=O)c1. The predicted molar refractivity (Wildman–Crippen MR) is 131 cm³/mol. The van der Waals surface area contributed by atoms with Gasteiger partial charge in [-0.1, -0.05) is 54.6 Å². The van der Waals surface area contributed by atoms with Gasteiger partial charge in [0.1, 0.15) is 12.1 Å². The van der Waals surface area contributed by atoms with Gasteiger partial charge < -0.3 is 10.6 Å². The molecule has 3 aromatic rings. The van der Waals surface area contributed by atoms with Gasteiger partial charge in [0.15, 0.2) is 0 Å². The topological polar surface area (TPSA) is 116 Å². The third-order valence-corrected chi connectivity index (χ3v) is 7.61. The number of imide groups is 1. The van der Waals surface area contributed by atoms with Gasteiger partial charge >= 0.3 is 6.03 Å². The summed E-state index contributed by atoms with van der Waals surface area (Å²) in [6, 6.07) is 22.4. The standard InChI is InChI=1S/C25H24N4O5S/c1-25(18-10-5-3-6-11-18)23(31)29(24(32)27-25)17-22(30)26-19-12-9-15-21(16-19)35(33,34)28(2)20-13-7-4-8-14-20/h3-16H,17H2,1-2H3,(H,26,30)(H,27,32)/t25-/m0/s1. The van der Waals surface area contributed by atoms with Gasteiger partial charge in [0.2, 0.25) is 5.91 Å². The summed E-state index contributed by atoms with van der Waals surface area (Å²) >= 11 is 0. The van der Waals surface area contributed by atoms with Gasteiger partial charge in [0.05, 0.1) is 10.6 Å². The molecule has 3 aromatic carbocycles. The average molecular weight is 493 g/mol. The lowest BCUT2D eigenvalue weighted by atomic mass is 9.92. The lowest BCUT2D eigenvalue weighted by Gasteiger charge is -2.22. The third-order valence-electron chi connectivity index (χ3n) is 5.82. The molecule has 0 radical (unpaired) electrons. The van der Waals surface area contributed by atoms with Crippen molar-refractivity contribution in [1.29, 1.82) is 0 Å². The van der Waals surface area contributed by atoms with Crippen molar-refractivity contribution in [2.24, 2.45) is 0 Å². The number of anilines is 2. The molecule has 9 nitrogen and oxygen atoms in total. The highest BCUT2D eigenvalue weighted by Gasteiger charge is 2.49. The van der Waals surface area contributed by atoms with Gasteiger partial charge in [-0.05, 0) is 42.8 Å². The zero-order valence-electron chi connectivity index (χ0n) is 19.1. The number of para-hydroxylation sites is 1. The smallest absolute Gasteiger partial charge is 0.324 e. The summed E-state index contributed by atoms with van der Waals surface area (Å²) in [6.07, 6.45) is 0. The Hall–Kier alpha value is -4.18. The van der Waals surface area contributed by atoms with E-state index in [9.17, 15) is 22.8 Å². The van der Waals surface area contributed by atoms with Crippen LogP contribution >= 0.6 is 0 Å². The minimum Gasteiger partial charge on any atom is -0.324 e. The second kappa shape index (κ2) is 9.22. The Morgan fingerprint density at radius 1 is 0.971 bits per heavy atom. The van der Waals surface area contributed by atoms with Crippen LogP contribution in [0.25, 0.3) is 0 Å². The quantitative estimate of drug-likeness (QED) is 0.492. The molecule has 4 amide bonds. The number of nitrogens with one attached hydrogen (secondary N) is 2. The van der Waals surface area contributed by atoms with E-state index in [0.717, 1.165) is 9.21 Å². The third kappa shape index (κ3) is 4.60. The summed E-state index contributed by atoms with van der Waals surface area (Å²) in [6.45, 7) is 1.06. The normalized spacial score (nSPS) is 17.7. The predicted octanol–water partition coefficient (Wildman–Crippen LogP) is 2.92. The van der Waals surface area contributed by atoms with Crippen molar-refractivity contribution in [3.63, 3.8) is 0 Å². The maximum absolute atomic E-state index is 13.0. The molecular formula is C25H24N4O5S. The number of hydrogen-bond donors (Lipinski definition) is 2. The van der Waals surface area contributed by atoms with Crippen molar-refractivity contribution in [3.8, 4) is 0 Å². The maximum Gasteiger partial charge on any atom is 0.325 e. The summed E-state index contributed by atoms with van der Waals surface area (Å²) in [5.74, 6) is -1.19. The lowest BCUT2D eigenvalue weighted by Crippen LogP contribution is -2.42. The fraction of sp³-hybridized carbons (Fsp3) is 0.160. The molecule has 10 heteroatoms. The molecule has 1 aliphatic heterocycles. The van der Waals surface area contributed by atoms with Gasteiger partial charge in [-0.15, -0.1) is 0 Å². The molecular weight excluding hydrogens is 468 g/mol. The van der Waals surface area contributed by atoms with Crippen molar-refractivity contribution in [2.75, 3.05) is 23.2 Å². The largest absolute Gasteiger partial charge is 0.325 e. The van der Waals surface area contributed by atoms with Crippen molar-refractivity contribution in [1.82, 2.24) is 10.2 Å². The number of nitrogens with zero attached hydrogens (tertiary/aromatic N) is 2. The van der Waals surface area contributed by atoms with Crippen LogP contribution in [0.3, 0.4) is 0 Å². The van der Waals surface area contributed by atoms with Crippen LogP contribution < -0.4 is 14.9 Å². The first kappa shape index (κ1) is 24.0. The van der Waals surface area contributed by atoms with Gasteiger partial charge in [-0.3, -0.25) is 18.8 Å². The molecule has 1 aliphatic rings. The Labute approximate surface area is 203 Å². The second-order valence-electron chi connectivity index (χ2n) is 8.20. The number of benzene rings is 3. The molecule has 0 bridgehead atoms. The minimum atomic E-state index is -3.88. The highest BCUT2D eigenvalue weighted by molar-refractivity contribution is 7.92. The van der Waals surface area contributed by atoms with Crippen LogP contribution in [0.1, 0.15) is 12.5 Å². The molecule has 0 aromatic heterocycles. The number of urea groups is 1. The van der Waals surface area contributed by atoms with E-state index in [1.165, 1.54) is 31.3 Å². The van der Waals surface area contributed by atoms with Crippen LogP contribution in [0.4, 0.5) is 16.2 Å². The summed E-state index contributed by atoms with van der Waals surface area (Å²) < 4.78 is 27.2. The molecule has 1 heterocycles. The van der Waals surface area contributed by atoms with Crippen LogP contribution in [-0.2, 0) is 25.2 Å². The Morgan fingerprint density at radius 2 is 1.60 bits per heavy atom. The number of rotatable bonds is 7. The molecule has 1 saturated heterocycles. The Bertz CT molecular complexity index is 1380. The Morgan fingerprint density at radius 3 is 2.26 bits per heavy atom. The van der Waals surface area contributed by atoms with E-state index in [4.69, 9.17) is 0 Å². The van der Waals surface area contributed by atoms with Crippen LogP contribution in [0.15, 0.2) is 89.8 Å². The molecule has 0 unspecified atom stereocenters. The zero-order valence-corrected chi connectivity index (χ0v) is 20.0. The molecule has 1 fully saturated rings. The Kier molecular flexibility index (Phi) is 6.31.